The lowest BCUT2D eigenvalue weighted by Crippen LogP contribution is -2.30. The van der Waals surface area contributed by atoms with Gasteiger partial charge in [0.25, 0.3) is 0 Å². The lowest BCUT2D eigenvalue weighted by atomic mass is 9.85. The van der Waals surface area contributed by atoms with Gasteiger partial charge in [-0.15, -0.1) is 11.3 Å². The van der Waals surface area contributed by atoms with E-state index in [1.54, 1.807) is 13.1 Å². The summed E-state index contributed by atoms with van der Waals surface area (Å²) in [6.07, 6.45) is 9.58. The Morgan fingerprint density at radius 1 is 1.17 bits per heavy atom. The Hall–Kier alpha value is -3.39. The number of nitriles is 1. The Morgan fingerprint density at radius 3 is 2.53 bits per heavy atom. The van der Waals surface area contributed by atoms with Crippen molar-refractivity contribution in [3.05, 3.63) is 56.4 Å². The third kappa shape index (κ3) is 7.53. The quantitative estimate of drug-likeness (QED) is 0.204. The van der Waals surface area contributed by atoms with Crippen molar-refractivity contribution in [3.8, 4) is 6.07 Å². The number of nitrogens with zero attached hydrogens (tertiary/aromatic N) is 4. The fourth-order valence-electron chi connectivity index (χ4n) is 6.21. The van der Waals surface area contributed by atoms with Crippen molar-refractivity contribution < 1.29 is 18.3 Å². The van der Waals surface area contributed by atoms with E-state index in [4.69, 9.17) is 20.2 Å². The average Bonchev–Trinajstić information content (AvgIpc) is 3.79. The molecule has 0 saturated carbocycles. The Labute approximate surface area is 282 Å². The molecule has 2 aliphatic heterocycles. The molecule has 10 heteroatoms. The molecular weight excluding hydrogens is 617 g/mol. The number of thiophene rings is 1. The zero-order valence-corrected chi connectivity index (χ0v) is 29.8. The Morgan fingerprint density at radius 2 is 1.91 bits per heavy atom. The molecule has 0 unspecified atom stereocenters. The van der Waals surface area contributed by atoms with Crippen LogP contribution >= 0.6 is 11.3 Å². The van der Waals surface area contributed by atoms with E-state index in [-0.39, 0.29) is 33.6 Å². The standard InChI is InChI=1S/C29H31F2N5OS.C8H18O/c1-6-14(3)22(24-17(10-32)28(33)38-27(24)21(30)7-2)23-20-13-37-12-19(20)18-11-34-29(35-26(18)25(23)31)36-9-8-15(4)16(36)5;1-3-5-6-8-9-7-4-2/h7,11,15-16H,6,8-9,12-13,33H2,1-5H3;3-8H2,1-2H3/b21-7+,22-14+;/t15-,16-;/m0./s1. The maximum atomic E-state index is 16.8. The number of nitrogens with two attached hydrogens (primary N) is 1. The number of benzene rings is 1. The van der Waals surface area contributed by atoms with Crippen molar-refractivity contribution >= 4 is 44.6 Å². The number of anilines is 2. The summed E-state index contributed by atoms with van der Waals surface area (Å²) in [5.41, 5.74) is 9.97. The molecule has 2 aromatic heterocycles. The molecule has 3 aromatic rings. The third-order valence-corrected chi connectivity index (χ3v) is 10.3. The van der Waals surface area contributed by atoms with Gasteiger partial charge in [-0.2, -0.15) is 5.26 Å². The van der Waals surface area contributed by atoms with E-state index in [0.717, 1.165) is 55.1 Å². The summed E-state index contributed by atoms with van der Waals surface area (Å²) in [6, 6.07) is 2.38. The summed E-state index contributed by atoms with van der Waals surface area (Å²) >= 11 is 1.00. The zero-order chi connectivity index (χ0) is 34.2. The van der Waals surface area contributed by atoms with Crippen LogP contribution in [-0.2, 0) is 22.7 Å². The van der Waals surface area contributed by atoms with Gasteiger partial charge < -0.3 is 20.1 Å². The van der Waals surface area contributed by atoms with Gasteiger partial charge in [-0.25, -0.2) is 18.7 Å². The van der Waals surface area contributed by atoms with E-state index in [0.29, 0.717) is 52.5 Å². The molecule has 0 bridgehead atoms. The third-order valence-electron chi connectivity index (χ3n) is 9.30. The number of nitrogen functional groups attached to an aromatic ring is 1. The SMILES string of the molecule is C/C=C(/F)c1sc(N)c(C#N)c1/C(=C(\C)CC)c1c2c(c3cnc(N4CC[C@H](C)[C@@H]4C)nc3c1F)COC2.CCCCCOCCC. The van der Waals surface area contributed by atoms with Crippen molar-refractivity contribution in [2.75, 3.05) is 30.4 Å². The molecule has 2 N–H and O–H groups in total. The number of hydrogen-bond acceptors (Lipinski definition) is 8. The second-order valence-corrected chi connectivity index (χ2v) is 13.4. The predicted molar refractivity (Wildman–Crippen MR) is 189 cm³/mol. The van der Waals surface area contributed by atoms with Crippen LogP contribution in [0.3, 0.4) is 0 Å². The molecule has 1 fully saturated rings. The molecule has 0 radical (unpaired) electrons. The van der Waals surface area contributed by atoms with Gasteiger partial charge in [0.15, 0.2) is 5.82 Å². The molecule has 254 valence electrons. The number of fused-ring (bicyclic) bond motifs is 3. The van der Waals surface area contributed by atoms with Gasteiger partial charge in [0.1, 0.15) is 22.4 Å². The number of aromatic nitrogens is 2. The van der Waals surface area contributed by atoms with E-state index in [2.05, 4.69) is 43.6 Å². The van der Waals surface area contributed by atoms with E-state index in [9.17, 15) is 5.26 Å². The molecule has 1 aromatic carbocycles. The smallest absolute Gasteiger partial charge is 0.226 e. The minimum Gasteiger partial charge on any atom is -0.389 e. The maximum absolute atomic E-state index is 16.8. The summed E-state index contributed by atoms with van der Waals surface area (Å²) in [6.45, 7) is 17.3. The number of hydrogen-bond donors (Lipinski definition) is 1. The summed E-state index contributed by atoms with van der Waals surface area (Å²) in [7, 11) is 0. The van der Waals surface area contributed by atoms with Crippen LogP contribution in [0, 0.1) is 23.1 Å². The van der Waals surface area contributed by atoms with Crippen LogP contribution in [0.15, 0.2) is 17.8 Å². The second kappa shape index (κ2) is 16.6. The van der Waals surface area contributed by atoms with Gasteiger partial charge in [-0.05, 0) is 69.1 Å². The Bertz CT molecular complexity index is 1670. The summed E-state index contributed by atoms with van der Waals surface area (Å²) in [5.74, 6) is -0.0428. The van der Waals surface area contributed by atoms with Gasteiger partial charge in [0, 0.05) is 48.5 Å². The molecule has 0 spiro atoms. The zero-order valence-electron chi connectivity index (χ0n) is 28.9. The first-order valence-corrected chi connectivity index (χ1v) is 17.7. The normalized spacial score (nSPS) is 18.2. The molecule has 0 amide bonds. The van der Waals surface area contributed by atoms with Gasteiger partial charge in [0.05, 0.1) is 23.7 Å². The van der Waals surface area contributed by atoms with Crippen molar-refractivity contribution in [2.24, 2.45) is 5.92 Å². The van der Waals surface area contributed by atoms with Crippen LogP contribution in [0.25, 0.3) is 22.3 Å². The van der Waals surface area contributed by atoms with Crippen molar-refractivity contribution in [1.29, 1.82) is 5.26 Å². The van der Waals surface area contributed by atoms with Crippen molar-refractivity contribution in [3.63, 3.8) is 0 Å². The maximum Gasteiger partial charge on any atom is 0.226 e. The first-order valence-electron chi connectivity index (χ1n) is 16.9. The Kier molecular flexibility index (Phi) is 12.9. The van der Waals surface area contributed by atoms with Crippen LogP contribution in [0.5, 0.6) is 0 Å². The fourth-order valence-corrected chi connectivity index (χ4v) is 7.20. The molecular formula is C37H49F2N5O2S. The van der Waals surface area contributed by atoms with Gasteiger partial charge in [-0.3, -0.25) is 0 Å². The highest BCUT2D eigenvalue weighted by molar-refractivity contribution is 7.17. The average molecular weight is 666 g/mol. The predicted octanol–water partition coefficient (Wildman–Crippen LogP) is 9.71. The van der Waals surface area contributed by atoms with Crippen molar-refractivity contribution in [2.45, 2.75) is 106 Å². The second-order valence-electron chi connectivity index (χ2n) is 12.4. The highest BCUT2D eigenvalue weighted by atomic mass is 32.1. The molecule has 47 heavy (non-hydrogen) atoms. The summed E-state index contributed by atoms with van der Waals surface area (Å²) in [5, 5.41) is 10.8. The number of allylic oxidation sites excluding steroid dienone is 2. The number of unbranched alkanes of at least 4 members (excludes halogenated alkanes) is 2. The highest BCUT2D eigenvalue weighted by Gasteiger charge is 2.34. The van der Waals surface area contributed by atoms with E-state index in [1.807, 2.05) is 13.8 Å². The molecule has 5 rings (SSSR count). The molecule has 4 heterocycles. The summed E-state index contributed by atoms with van der Waals surface area (Å²) < 4.78 is 43.1. The van der Waals surface area contributed by atoms with Crippen LogP contribution in [0.1, 0.15) is 120 Å². The van der Waals surface area contributed by atoms with Crippen molar-refractivity contribution in [1.82, 2.24) is 9.97 Å². The monoisotopic (exact) mass is 665 g/mol. The topological polar surface area (TPSA) is 97.3 Å². The number of rotatable bonds is 11. The van der Waals surface area contributed by atoms with Gasteiger partial charge in [-0.1, -0.05) is 52.2 Å². The van der Waals surface area contributed by atoms with Crippen LogP contribution in [0.4, 0.5) is 19.7 Å². The minimum atomic E-state index is -0.518. The molecule has 2 aliphatic rings. The number of halogens is 2. The minimum absolute atomic E-state index is 0.153. The molecule has 7 nitrogen and oxygen atoms in total. The molecule has 0 aliphatic carbocycles. The highest BCUT2D eigenvalue weighted by Crippen LogP contribution is 2.47. The first kappa shape index (κ1) is 36.4. The lowest BCUT2D eigenvalue weighted by Gasteiger charge is -2.24. The Balaban J connectivity index is 0.000000488. The molecule has 1 saturated heterocycles. The first-order chi connectivity index (χ1) is 22.6. The van der Waals surface area contributed by atoms with E-state index in [1.165, 1.54) is 25.3 Å². The van der Waals surface area contributed by atoms with Gasteiger partial charge in [0.2, 0.25) is 5.95 Å². The van der Waals surface area contributed by atoms with Crippen LogP contribution < -0.4 is 10.6 Å². The summed E-state index contributed by atoms with van der Waals surface area (Å²) in [4.78, 5) is 11.7. The largest absolute Gasteiger partial charge is 0.389 e. The fraction of sp³-hybridized carbons (Fsp3) is 0.541. The van der Waals surface area contributed by atoms with Crippen LogP contribution in [0.2, 0.25) is 0 Å². The van der Waals surface area contributed by atoms with E-state index >= 15 is 8.78 Å². The van der Waals surface area contributed by atoms with Gasteiger partial charge >= 0.3 is 0 Å². The number of ether oxygens (including phenoxy) is 2. The lowest BCUT2D eigenvalue weighted by molar-refractivity contribution is 0.131. The van der Waals surface area contributed by atoms with E-state index < -0.39 is 11.6 Å². The van der Waals surface area contributed by atoms with Crippen LogP contribution in [-0.4, -0.2) is 35.8 Å². The molecule has 2 atom stereocenters.